The molecular weight excluding hydrogens is 442 g/mol. The highest BCUT2D eigenvalue weighted by Gasteiger charge is 2.36. The van der Waals surface area contributed by atoms with Gasteiger partial charge in [-0.3, -0.25) is 4.79 Å². The topological polar surface area (TPSA) is 56.2 Å². The number of nitrogens with one attached hydrogen (secondary N) is 1. The molecule has 170 valence electrons. The van der Waals surface area contributed by atoms with Gasteiger partial charge in [0.1, 0.15) is 11.8 Å². The quantitative estimate of drug-likeness (QED) is 0.440. The minimum absolute atomic E-state index is 0.134. The molecule has 1 N–H and O–H groups in total. The summed E-state index contributed by atoms with van der Waals surface area (Å²) in [5, 5.41) is 3.42. The van der Waals surface area contributed by atoms with Crippen molar-refractivity contribution < 1.29 is 9.53 Å². The van der Waals surface area contributed by atoms with Gasteiger partial charge in [0.2, 0.25) is 5.91 Å². The monoisotopic (exact) mass is 471 g/mol. The average molecular weight is 472 g/mol. The maximum atomic E-state index is 13.9. The highest BCUT2D eigenvalue weighted by Crippen LogP contribution is 2.41. The normalized spacial score (nSPS) is 18.8. The number of halogens is 1. The lowest BCUT2D eigenvalue weighted by Gasteiger charge is -2.30. The molecule has 0 bridgehead atoms. The van der Waals surface area contributed by atoms with Gasteiger partial charge in [0.15, 0.2) is 5.82 Å². The largest absolute Gasteiger partial charge is 0.497 e. The van der Waals surface area contributed by atoms with Crippen molar-refractivity contribution in [1.29, 1.82) is 0 Å². The molecule has 5 rings (SSSR count). The Morgan fingerprint density at radius 1 is 1.12 bits per heavy atom. The van der Waals surface area contributed by atoms with Crippen molar-refractivity contribution in [3.8, 4) is 16.5 Å². The molecule has 2 heterocycles. The summed E-state index contributed by atoms with van der Waals surface area (Å²) >= 11 is 7.80. The summed E-state index contributed by atoms with van der Waals surface area (Å²) in [5.41, 5.74) is 1.82. The first kappa shape index (κ1) is 21.8. The van der Waals surface area contributed by atoms with E-state index in [1.807, 2.05) is 30.3 Å². The maximum Gasteiger partial charge on any atom is 0.243 e. The number of aromatic nitrogens is 2. The number of methoxy groups -OCH3 is 1. The van der Waals surface area contributed by atoms with Crippen molar-refractivity contribution in [1.82, 2.24) is 14.9 Å². The number of amides is 1. The third kappa shape index (κ3) is 4.27. The maximum absolute atomic E-state index is 13.9. The summed E-state index contributed by atoms with van der Waals surface area (Å²) < 4.78 is 8.42. The molecule has 1 atom stereocenters. The third-order valence-electron chi connectivity index (χ3n) is 7.03. The fraction of sp³-hybridized carbons (Fsp3) is 0.520. The Hall–Kier alpha value is -2.05. The van der Waals surface area contributed by atoms with Crippen LogP contribution in [0.25, 0.3) is 21.7 Å². The SMILES string of the molecule is COc1ccc2nc(-c3ccc(Cl)s3)n(C(C(=O)NC3CCCCC3)C3CCCC3)c2c1. The van der Waals surface area contributed by atoms with Gasteiger partial charge < -0.3 is 14.6 Å². The number of carbonyl (C=O) groups is 1. The first-order chi connectivity index (χ1) is 15.6. The van der Waals surface area contributed by atoms with Gasteiger partial charge in [-0.25, -0.2) is 4.98 Å². The molecule has 7 heteroatoms. The number of benzene rings is 1. The van der Waals surface area contributed by atoms with Crippen LogP contribution >= 0.6 is 22.9 Å². The molecule has 5 nitrogen and oxygen atoms in total. The van der Waals surface area contributed by atoms with E-state index in [0.29, 0.717) is 5.92 Å². The average Bonchev–Trinajstić information content (AvgIpc) is 3.55. The minimum atomic E-state index is -0.285. The predicted molar refractivity (Wildman–Crippen MR) is 131 cm³/mol. The van der Waals surface area contributed by atoms with E-state index < -0.39 is 0 Å². The second kappa shape index (κ2) is 9.44. The fourth-order valence-corrected chi connectivity index (χ4v) is 6.47. The number of nitrogens with zero attached hydrogens (tertiary/aromatic N) is 2. The number of thiophene rings is 1. The van der Waals surface area contributed by atoms with Crippen molar-refractivity contribution in [2.45, 2.75) is 69.9 Å². The molecule has 0 aliphatic heterocycles. The highest BCUT2D eigenvalue weighted by atomic mass is 35.5. The van der Waals surface area contributed by atoms with E-state index in [2.05, 4.69) is 9.88 Å². The lowest BCUT2D eigenvalue weighted by atomic mass is 9.93. The number of hydrogen-bond acceptors (Lipinski definition) is 4. The lowest BCUT2D eigenvalue weighted by molar-refractivity contribution is -0.126. The van der Waals surface area contributed by atoms with E-state index in [1.54, 1.807) is 7.11 Å². The Kier molecular flexibility index (Phi) is 6.42. The first-order valence-electron chi connectivity index (χ1n) is 11.8. The van der Waals surface area contributed by atoms with Crippen LogP contribution in [0.4, 0.5) is 0 Å². The fourth-order valence-electron chi connectivity index (χ4n) is 5.44. The van der Waals surface area contributed by atoms with Gasteiger partial charge in [0.05, 0.1) is 27.4 Å². The van der Waals surface area contributed by atoms with Gasteiger partial charge >= 0.3 is 0 Å². The number of hydrogen-bond donors (Lipinski definition) is 1. The standard InChI is InChI=1S/C25H30ClN3O2S/c1-31-18-11-12-19-20(15-18)29(24(28-19)21-13-14-22(26)32-21)23(16-7-5-6-8-16)25(30)27-17-9-3-2-4-10-17/h11-17,23H,2-10H2,1H3,(H,27,30). The molecule has 2 saturated carbocycles. The Morgan fingerprint density at radius 3 is 2.56 bits per heavy atom. The summed E-state index contributed by atoms with van der Waals surface area (Å²) in [6.07, 6.45) is 10.3. The minimum Gasteiger partial charge on any atom is -0.497 e. The van der Waals surface area contributed by atoms with Gasteiger partial charge in [-0.05, 0) is 55.9 Å². The summed E-state index contributed by atoms with van der Waals surface area (Å²) in [5.74, 6) is 2.03. The molecule has 0 radical (unpaired) electrons. The van der Waals surface area contributed by atoms with Gasteiger partial charge in [0.25, 0.3) is 0 Å². The summed E-state index contributed by atoms with van der Waals surface area (Å²) in [4.78, 5) is 19.8. The van der Waals surface area contributed by atoms with E-state index in [9.17, 15) is 4.79 Å². The van der Waals surface area contributed by atoms with Gasteiger partial charge in [-0.1, -0.05) is 43.7 Å². The van der Waals surface area contributed by atoms with Gasteiger partial charge in [-0.2, -0.15) is 0 Å². The van der Waals surface area contributed by atoms with E-state index in [0.717, 1.165) is 57.5 Å². The zero-order valence-electron chi connectivity index (χ0n) is 18.5. The number of fused-ring (bicyclic) bond motifs is 1. The second-order valence-corrected chi connectivity index (χ2v) is 10.8. The molecule has 3 aromatic rings. The van der Waals surface area contributed by atoms with Crippen LogP contribution < -0.4 is 10.1 Å². The number of rotatable bonds is 6. The number of imidazole rings is 1. The van der Waals surface area contributed by atoms with Crippen molar-refractivity contribution in [3.05, 3.63) is 34.7 Å². The van der Waals surface area contributed by atoms with Gasteiger partial charge in [-0.15, -0.1) is 11.3 Å². The first-order valence-corrected chi connectivity index (χ1v) is 13.0. The van der Waals surface area contributed by atoms with Crippen LogP contribution in [-0.4, -0.2) is 28.6 Å². The van der Waals surface area contributed by atoms with Gasteiger partial charge in [0, 0.05) is 12.1 Å². The molecule has 1 amide bonds. The van der Waals surface area contributed by atoms with Crippen LogP contribution in [-0.2, 0) is 4.79 Å². The summed E-state index contributed by atoms with van der Waals surface area (Å²) in [6.45, 7) is 0. The van der Waals surface area contributed by atoms with Crippen LogP contribution in [0.15, 0.2) is 30.3 Å². The molecule has 2 aliphatic rings. The Bertz CT molecular complexity index is 1100. The smallest absolute Gasteiger partial charge is 0.243 e. The predicted octanol–water partition coefficient (Wildman–Crippen LogP) is 6.61. The number of ether oxygens (including phenoxy) is 1. The molecule has 0 spiro atoms. The Balaban J connectivity index is 1.63. The van der Waals surface area contributed by atoms with Crippen molar-refractivity contribution in [3.63, 3.8) is 0 Å². The molecule has 32 heavy (non-hydrogen) atoms. The van der Waals surface area contributed by atoms with E-state index in [4.69, 9.17) is 21.3 Å². The molecule has 2 aromatic heterocycles. The molecule has 1 aromatic carbocycles. The van der Waals surface area contributed by atoms with Crippen molar-refractivity contribution in [2.24, 2.45) is 5.92 Å². The van der Waals surface area contributed by atoms with Crippen molar-refractivity contribution in [2.75, 3.05) is 7.11 Å². The van der Waals surface area contributed by atoms with Crippen LogP contribution in [0.3, 0.4) is 0 Å². The van der Waals surface area contributed by atoms with E-state index >= 15 is 0 Å². The molecule has 0 saturated heterocycles. The highest BCUT2D eigenvalue weighted by molar-refractivity contribution is 7.19. The second-order valence-electron chi connectivity index (χ2n) is 9.10. The Labute approximate surface area is 198 Å². The van der Waals surface area contributed by atoms with Crippen LogP contribution in [0.1, 0.15) is 63.8 Å². The molecule has 2 fully saturated rings. The summed E-state index contributed by atoms with van der Waals surface area (Å²) in [7, 11) is 1.67. The third-order valence-corrected chi connectivity index (χ3v) is 8.26. The summed E-state index contributed by atoms with van der Waals surface area (Å²) in [6, 6.07) is 9.82. The molecule has 1 unspecified atom stereocenters. The van der Waals surface area contributed by atoms with E-state index in [-0.39, 0.29) is 18.0 Å². The Morgan fingerprint density at radius 2 is 1.88 bits per heavy atom. The lowest BCUT2D eigenvalue weighted by Crippen LogP contribution is -2.42. The molecular formula is C25H30ClN3O2S. The molecule has 2 aliphatic carbocycles. The van der Waals surface area contributed by atoms with Crippen LogP contribution in [0.2, 0.25) is 4.34 Å². The van der Waals surface area contributed by atoms with Crippen LogP contribution in [0.5, 0.6) is 5.75 Å². The zero-order valence-corrected chi connectivity index (χ0v) is 20.1. The zero-order chi connectivity index (χ0) is 22.1. The van der Waals surface area contributed by atoms with Crippen LogP contribution in [0, 0.1) is 5.92 Å². The van der Waals surface area contributed by atoms with Crippen molar-refractivity contribution >= 4 is 39.9 Å². The number of carbonyl (C=O) groups excluding carboxylic acids is 1. The van der Waals surface area contributed by atoms with E-state index in [1.165, 1.54) is 43.4 Å².